The monoisotopic (exact) mass is 220 g/mol. The van der Waals surface area contributed by atoms with Crippen LogP contribution in [0, 0.1) is 0 Å². The SMILES string of the molecule is C=CC(=O)OC(C)CC(=O)[O-].[Cu+]. The average molecular weight is 221 g/mol. The van der Waals surface area contributed by atoms with Gasteiger partial charge in [-0.2, -0.15) is 0 Å². The first-order valence-electron chi connectivity index (χ1n) is 3.09. The molecular formula is C7H9CuO4. The Kier molecular flexibility index (Phi) is 7.90. The molecule has 0 bridgehead atoms. The largest absolute Gasteiger partial charge is 1.00 e. The van der Waals surface area contributed by atoms with Crippen LogP contribution in [0.2, 0.25) is 0 Å². The number of carbonyl (C=O) groups is 2. The molecule has 0 saturated heterocycles. The molecule has 1 atom stereocenters. The molecule has 0 aliphatic carbocycles. The van der Waals surface area contributed by atoms with E-state index in [1.165, 1.54) is 6.92 Å². The molecule has 0 aliphatic rings. The number of hydrogen-bond donors (Lipinski definition) is 0. The van der Waals surface area contributed by atoms with Crippen LogP contribution < -0.4 is 5.11 Å². The molecule has 0 saturated carbocycles. The van der Waals surface area contributed by atoms with E-state index in [0.717, 1.165) is 6.08 Å². The van der Waals surface area contributed by atoms with Crippen molar-refractivity contribution in [3.8, 4) is 0 Å². The topological polar surface area (TPSA) is 66.4 Å². The molecular weight excluding hydrogens is 212 g/mol. The maximum atomic E-state index is 10.5. The van der Waals surface area contributed by atoms with Crippen LogP contribution in [0.25, 0.3) is 0 Å². The first kappa shape index (κ1) is 13.8. The molecule has 0 spiro atoms. The third-order valence-corrected chi connectivity index (χ3v) is 0.938. The summed E-state index contributed by atoms with van der Waals surface area (Å²) in [7, 11) is 0. The van der Waals surface area contributed by atoms with Gasteiger partial charge >= 0.3 is 23.0 Å². The Labute approximate surface area is 81.1 Å². The number of carboxylic acids is 1. The van der Waals surface area contributed by atoms with Gasteiger partial charge in [0.1, 0.15) is 6.10 Å². The third kappa shape index (κ3) is 7.31. The quantitative estimate of drug-likeness (QED) is 0.355. The molecule has 4 nitrogen and oxygen atoms in total. The molecule has 0 radical (unpaired) electrons. The van der Waals surface area contributed by atoms with Crippen molar-refractivity contribution in [2.24, 2.45) is 0 Å². The first-order chi connectivity index (χ1) is 5.06. The Balaban J connectivity index is 0. The molecule has 0 aromatic rings. The van der Waals surface area contributed by atoms with Gasteiger partial charge in [0.25, 0.3) is 0 Å². The van der Waals surface area contributed by atoms with Crippen molar-refractivity contribution in [3.05, 3.63) is 12.7 Å². The zero-order valence-electron chi connectivity index (χ0n) is 6.50. The van der Waals surface area contributed by atoms with E-state index in [9.17, 15) is 14.7 Å². The molecule has 0 aromatic heterocycles. The van der Waals surface area contributed by atoms with Crippen LogP contribution in [0.1, 0.15) is 13.3 Å². The predicted octanol–water partition coefficient (Wildman–Crippen LogP) is -0.758. The standard InChI is InChI=1S/C7H10O4.Cu/c1-3-7(10)11-5(2)4-6(8)9;/h3,5H,1,4H2,2H3,(H,8,9);/q;+1/p-1. The second kappa shape index (κ2) is 6.88. The van der Waals surface area contributed by atoms with E-state index in [2.05, 4.69) is 11.3 Å². The fraction of sp³-hybridized carbons (Fsp3) is 0.429. The number of aliphatic carboxylic acids is 1. The molecule has 0 heterocycles. The van der Waals surface area contributed by atoms with Crippen molar-refractivity contribution in [2.45, 2.75) is 19.4 Å². The fourth-order valence-corrected chi connectivity index (χ4v) is 0.523. The van der Waals surface area contributed by atoms with Crippen LogP contribution in [0.15, 0.2) is 12.7 Å². The molecule has 12 heavy (non-hydrogen) atoms. The van der Waals surface area contributed by atoms with Crippen molar-refractivity contribution in [1.82, 2.24) is 0 Å². The van der Waals surface area contributed by atoms with Crippen LogP contribution >= 0.6 is 0 Å². The Morgan fingerprint density at radius 3 is 2.50 bits per heavy atom. The van der Waals surface area contributed by atoms with E-state index < -0.39 is 18.0 Å². The van der Waals surface area contributed by atoms with E-state index in [1.54, 1.807) is 0 Å². The Bertz CT molecular complexity index is 178. The van der Waals surface area contributed by atoms with Gasteiger partial charge in [0, 0.05) is 18.5 Å². The van der Waals surface area contributed by atoms with Crippen molar-refractivity contribution in [3.63, 3.8) is 0 Å². The zero-order valence-corrected chi connectivity index (χ0v) is 7.45. The van der Waals surface area contributed by atoms with Crippen LogP contribution in [-0.2, 0) is 31.4 Å². The summed E-state index contributed by atoms with van der Waals surface area (Å²) in [5.41, 5.74) is 0. The second-order valence-corrected chi connectivity index (χ2v) is 2.03. The van der Waals surface area contributed by atoms with Gasteiger partial charge in [-0.05, 0) is 6.92 Å². The molecule has 0 aromatic carbocycles. The molecule has 1 unspecified atom stereocenters. The molecule has 0 rings (SSSR count). The predicted molar refractivity (Wildman–Crippen MR) is 35.4 cm³/mol. The van der Waals surface area contributed by atoms with Gasteiger partial charge in [-0.15, -0.1) is 0 Å². The van der Waals surface area contributed by atoms with E-state index >= 15 is 0 Å². The number of carboxylic acid groups (broad SMARTS) is 1. The molecule has 72 valence electrons. The minimum absolute atomic E-state index is 0. The number of carbonyl (C=O) groups excluding carboxylic acids is 2. The third-order valence-electron chi connectivity index (χ3n) is 0.938. The van der Waals surface area contributed by atoms with E-state index in [0.29, 0.717) is 0 Å². The minimum atomic E-state index is -1.24. The van der Waals surface area contributed by atoms with Crippen LogP contribution in [0.5, 0.6) is 0 Å². The van der Waals surface area contributed by atoms with E-state index in [-0.39, 0.29) is 23.5 Å². The fourth-order valence-electron chi connectivity index (χ4n) is 0.523. The Morgan fingerprint density at radius 2 is 2.17 bits per heavy atom. The zero-order chi connectivity index (χ0) is 8.85. The number of ether oxygens (including phenoxy) is 1. The molecule has 0 aliphatic heterocycles. The number of esters is 1. The summed E-state index contributed by atoms with van der Waals surface area (Å²) in [4.78, 5) is 20.4. The van der Waals surface area contributed by atoms with Crippen LogP contribution in [0.3, 0.4) is 0 Å². The second-order valence-electron chi connectivity index (χ2n) is 2.03. The van der Waals surface area contributed by atoms with Gasteiger partial charge in [0.05, 0.1) is 0 Å². The summed E-state index contributed by atoms with van der Waals surface area (Å²) in [6, 6.07) is 0. The number of hydrogen-bond acceptors (Lipinski definition) is 4. The van der Waals surface area contributed by atoms with Gasteiger partial charge in [0.2, 0.25) is 0 Å². The van der Waals surface area contributed by atoms with Crippen molar-refractivity contribution in [2.75, 3.05) is 0 Å². The Morgan fingerprint density at radius 1 is 1.67 bits per heavy atom. The summed E-state index contributed by atoms with van der Waals surface area (Å²) >= 11 is 0. The maximum absolute atomic E-state index is 10.5. The minimum Gasteiger partial charge on any atom is -0.550 e. The molecule has 0 N–H and O–H groups in total. The molecule has 5 heteroatoms. The van der Waals surface area contributed by atoms with Crippen molar-refractivity contribution < 1.29 is 36.5 Å². The van der Waals surface area contributed by atoms with Crippen molar-refractivity contribution >= 4 is 11.9 Å². The summed E-state index contributed by atoms with van der Waals surface area (Å²) in [6.07, 6.45) is 0.0243. The average Bonchev–Trinajstić information content (AvgIpc) is 1.85. The summed E-state index contributed by atoms with van der Waals surface area (Å²) in [6.45, 7) is 4.62. The Hall–Kier alpha value is -0.801. The molecule has 0 fully saturated rings. The van der Waals surface area contributed by atoms with Crippen LogP contribution in [0.4, 0.5) is 0 Å². The summed E-state index contributed by atoms with van der Waals surface area (Å²) in [5, 5.41) is 9.95. The van der Waals surface area contributed by atoms with E-state index in [4.69, 9.17) is 0 Å². The normalized spacial score (nSPS) is 10.8. The molecule has 0 amide bonds. The van der Waals surface area contributed by atoms with Crippen molar-refractivity contribution in [1.29, 1.82) is 0 Å². The van der Waals surface area contributed by atoms with Gasteiger partial charge in [-0.1, -0.05) is 6.58 Å². The van der Waals surface area contributed by atoms with Gasteiger partial charge in [-0.25, -0.2) is 4.79 Å². The smallest absolute Gasteiger partial charge is 0.550 e. The first-order valence-corrected chi connectivity index (χ1v) is 3.09. The van der Waals surface area contributed by atoms with Gasteiger partial charge in [0.15, 0.2) is 0 Å². The van der Waals surface area contributed by atoms with Crippen LogP contribution in [-0.4, -0.2) is 18.0 Å². The van der Waals surface area contributed by atoms with Gasteiger partial charge in [-0.3, -0.25) is 0 Å². The summed E-state index contributed by atoms with van der Waals surface area (Å²) < 4.78 is 4.53. The number of rotatable bonds is 4. The van der Waals surface area contributed by atoms with Gasteiger partial charge < -0.3 is 14.6 Å². The maximum Gasteiger partial charge on any atom is 1.00 e. The summed E-state index contributed by atoms with van der Waals surface area (Å²) in [5.74, 6) is -1.87. The van der Waals surface area contributed by atoms with E-state index in [1.807, 2.05) is 0 Å².